The minimum Gasteiger partial charge on any atom is -0.349 e. The van der Waals surface area contributed by atoms with Crippen LogP contribution < -0.4 is 4.90 Å². The largest absolute Gasteiger partial charge is 0.349 e. The van der Waals surface area contributed by atoms with Crippen LogP contribution in [0.15, 0.2) is 133 Å². The number of hydrogen-bond donors (Lipinski definition) is 0. The maximum Gasteiger partial charge on any atom is 0.117 e. The topological polar surface area (TPSA) is 3.24 Å². The summed E-state index contributed by atoms with van der Waals surface area (Å²) in [5, 5.41) is 0. The van der Waals surface area contributed by atoms with Gasteiger partial charge in [-0.1, -0.05) is 121 Å². The maximum atomic E-state index is 2.63. The van der Waals surface area contributed by atoms with E-state index < -0.39 is 5.54 Å². The molecule has 0 unspecified atom stereocenters. The summed E-state index contributed by atoms with van der Waals surface area (Å²) < 4.78 is 0. The highest BCUT2D eigenvalue weighted by molar-refractivity contribution is 5.76. The molecule has 0 aromatic heterocycles. The number of rotatable bonds is 4. The number of para-hydroxylation sites is 1. The first-order valence-corrected chi connectivity index (χ1v) is 12.0. The van der Waals surface area contributed by atoms with Gasteiger partial charge in [0.25, 0.3) is 0 Å². The molecule has 1 heteroatoms. The molecule has 3 aliphatic rings. The molecule has 0 fully saturated rings. The average molecular weight is 436 g/mol. The van der Waals surface area contributed by atoms with Gasteiger partial charge in [-0.2, -0.15) is 0 Å². The summed E-state index contributed by atoms with van der Waals surface area (Å²) in [6, 6.07) is 49.1. The summed E-state index contributed by atoms with van der Waals surface area (Å²) in [4.78, 5) is 2.63. The van der Waals surface area contributed by atoms with Gasteiger partial charge in [0.2, 0.25) is 0 Å². The Kier molecular flexibility index (Phi) is 4.25. The summed E-state index contributed by atoms with van der Waals surface area (Å²) in [6.07, 6.45) is 0. The lowest BCUT2D eigenvalue weighted by Gasteiger charge is -2.56. The molecular weight excluding hydrogens is 410 g/mol. The highest BCUT2D eigenvalue weighted by Gasteiger charge is 2.54. The summed E-state index contributed by atoms with van der Waals surface area (Å²) >= 11 is 0. The van der Waals surface area contributed by atoms with Crippen LogP contribution >= 0.6 is 0 Å². The summed E-state index contributed by atoms with van der Waals surface area (Å²) in [6.45, 7) is 0.812. The first-order valence-electron chi connectivity index (χ1n) is 12.0. The van der Waals surface area contributed by atoms with Crippen molar-refractivity contribution in [3.63, 3.8) is 0 Å². The molecule has 34 heavy (non-hydrogen) atoms. The van der Waals surface area contributed by atoms with Crippen LogP contribution in [-0.2, 0) is 12.1 Å². The number of nitrogens with zero attached hydrogens (tertiary/aromatic N) is 1. The molecule has 5 aromatic carbocycles. The summed E-state index contributed by atoms with van der Waals surface area (Å²) in [7, 11) is 0. The quantitative estimate of drug-likeness (QED) is 0.283. The Hall–Kier alpha value is -4.10. The maximum absolute atomic E-state index is 2.63. The van der Waals surface area contributed by atoms with Crippen molar-refractivity contribution in [3.8, 4) is 0 Å². The minimum atomic E-state index is -0.407. The minimum absolute atomic E-state index is 0.278. The van der Waals surface area contributed by atoms with E-state index in [9.17, 15) is 0 Å². The number of anilines is 1. The Bertz CT molecular complexity index is 1370. The van der Waals surface area contributed by atoms with Gasteiger partial charge in [0.15, 0.2) is 0 Å². The summed E-state index contributed by atoms with van der Waals surface area (Å²) in [5.41, 5.74) is 10.6. The molecule has 5 aromatic rings. The van der Waals surface area contributed by atoms with E-state index in [-0.39, 0.29) is 5.92 Å². The van der Waals surface area contributed by atoms with Crippen molar-refractivity contribution in [3.05, 3.63) is 172 Å². The van der Waals surface area contributed by atoms with Crippen molar-refractivity contribution < 1.29 is 0 Å². The van der Waals surface area contributed by atoms with Gasteiger partial charge in [0.1, 0.15) is 5.54 Å². The van der Waals surface area contributed by atoms with Gasteiger partial charge in [-0.3, -0.25) is 0 Å². The first-order chi connectivity index (χ1) is 16.9. The summed E-state index contributed by atoms with van der Waals surface area (Å²) in [5.74, 6) is 0.278. The lowest BCUT2D eigenvalue weighted by molar-refractivity contribution is 0.501. The van der Waals surface area contributed by atoms with Crippen molar-refractivity contribution in [1.29, 1.82) is 0 Å². The van der Waals surface area contributed by atoms with Crippen LogP contribution in [-0.4, -0.2) is 0 Å². The van der Waals surface area contributed by atoms with Gasteiger partial charge in [0, 0.05) is 18.2 Å². The fraction of sp³-hybridized carbons (Fsp3) is 0.0909. The molecule has 1 nitrogen and oxygen atoms in total. The highest BCUT2D eigenvalue weighted by Crippen LogP contribution is 2.61. The van der Waals surface area contributed by atoms with Gasteiger partial charge < -0.3 is 4.90 Å². The SMILES string of the molecule is c1ccc(CN(c2ccccc2)C23c4ccccc4C(c4ccccc42)c2ccccc23)cc1. The fourth-order valence-electron chi connectivity index (χ4n) is 6.39. The van der Waals surface area contributed by atoms with Crippen LogP contribution in [0, 0.1) is 0 Å². The smallest absolute Gasteiger partial charge is 0.117 e. The average Bonchev–Trinajstić information content (AvgIpc) is 2.92. The molecule has 0 atom stereocenters. The first kappa shape index (κ1) is 19.4. The molecule has 2 bridgehead atoms. The van der Waals surface area contributed by atoms with Gasteiger partial charge in [-0.15, -0.1) is 0 Å². The lowest BCUT2D eigenvalue weighted by Crippen LogP contribution is -2.54. The highest BCUT2D eigenvalue weighted by atomic mass is 15.2. The van der Waals surface area contributed by atoms with Crippen LogP contribution in [0.25, 0.3) is 0 Å². The van der Waals surface area contributed by atoms with E-state index in [0.29, 0.717) is 0 Å². The Morgan fingerprint density at radius 3 is 1.38 bits per heavy atom. The van der Waals surface area contributed by atoms with Gasteiger partial charge in [-0.25, -0.2) is 0 Å². The van der Waals surface area contributed by atoms with Gasteiger partial charge in [0.05, 0.1) is 0 Å². The van der Waals surface area contributed by atoms with E-state index in [1.807, 2.05) is 0 Å². The second-order valence-corrected chi connectivity index (χ2v) is 9.31. The van der Waals surface area contributed by atoms with E-state index in [1.54, 1.807) is 0 Å². The van der Waals surface area contributed by atoms with E-state index in [1.165, 1.54) is 44.6 Å². The number of benzene rings is 5. The monoisotopic (exact) mass is 435 g/mol. The van der Waals surface area contributed by atoms with E-state index in [0.717, 1.165) is 6.54 Å². The standard InChI is InChI=1S/C33H25N/c1-3-13-24(14-4-1)23-34(25-15-5-2-6-16-25)33-29-20-10-7-17-26(29)32(27-18-8-11-21-30(27)33)28-19-9-12-22-31(28)33/h1-22,32H,23H2. The van der Waals surface area contributed by atoms with E-state index >= 15 is 0 Å². The van der Waals surface area contributed by atoms with Crippen LogP contribution in [0.3, 0.4) is 0 Å². The molecule has 0 spiro atoms. The predicted octanol–water partition coefficient (Wildman–Crippen LogP) is 7.49. The van der Waals surface area contributed by atoms with Crippen LogP contribution in [0.5, 0.6) is 0 Å². The second-order valence-electron chi connectivity index (χ2n) is 9.31. The second kappa shape index (κ2) is 7.46. The fourth-order valence-corrected chi connectivity index (χ4v) is 6.39. The number of hydrogen-bond acceptors (Lipinski definition) is 1. The Morgan fingerprint density at radius 2 is 0.882 bits per heavy atom. The molecule has 162 valence electrons. The van der Waals surface area contributed by atoms with Crippen molar-refractivity contribution in [2.24, 2.45) is 0 Å². The molecule has 0 N–H and O–H groups in total. The van der Waals surface area contributed by atoms with Crippen molar-refractivity contribution in [1.82, 2.24) is 0 Å². The molecule has 0 heterocycles. The zero-order chi connectivity index (χ0) is 22.5. The van der Waals surface area contributed by atoms with Crippen LogP contribution in [0.1, 0.15) is 44.9 Å². The normalized spacial score (nSPS) is 19.1. The lowest BCUT2D eigenvalue weighted by atomic mass is 9.56. The zero-order valence-corrected chi connectivity index (χ0v) is 18.9. The third-order valence-electron chi connectivity index (χ3n) is 7.64. The molecule has 3 aliphatic carbocycles. The molecular formula is C33H25N. The van der Waals surface area contributed by atoms with E-state index in [2.05, 4.69) is 138 Å². The van der Waals surface area contributed by atoms with Crippen LogP contribution in [0.2, 0.25) is 0 Å². The third-order valence-corrected chi connectivity index (χ3v) is 7.64. The van der Waals surface area contributed by atoms with Crippen LogP contribution in [0.4, 0.5) is 5.69 Å². The Balaban J connectivity index is 1.62. The molecule has 0 saturated carbocycles. The molecule has 8 rings (SSSR count). The molecule has 0 saturated heterocycles. The predicted molar refractivity (Wildman–Crippen MR) is 139 cm³/mol. The van der Waals surface area contributed by atoms with Crippen molar-refractivity contribution >= 4 is 5.69 Å². The molecule has 0 amide bonds. The van der Waals surface area contributed by atoms with Gasteiger partial charge in [-0.05, 0) is 51.1 Å². The Labute approximate surface area is 201 Å². The molecule has 0 radical (unpaired) electrons. The van der Waals surface area contributed by atoms with Crippen molar-refractivity contribution in [2.45, 2.75) is 18.0 Å². The zero-order valence-electron chi connectivity index (χ0n) is 18.9. The molecule has 0 aliphatic heterocycles. The Morgan fingerprint density at radius 1 is 0.471 bits per heavy atom. The van der Waals surface area contributed by atoms with E-state index in [4.69, 9.17) is 0 Å². The third kappa shape index (κ3) is 2.55. The van der Waals surface area contributed by atoms with Gasteiger partial charge >= 0.3 is 0 Å². The van der Waals surface area contributed by atoms with Crippen molar-refractivity contribution in [2.75, 3.05) is 4.90 Å².